The van der Waals surface area contributed by atoms with Crippen LogP contribution in [0.1, 0.15) is 5.69 Å². The summed E-state index contributed by atoms with van der Waals surface area (Å²) in [6, 6.07) is 3.69. The van der Waals surface area contributed by atoms with Gasteiger partial charge in [0.25, 0.3) is 0 Å². The second-order valence-corrected chi connectivity index (χ2v) is 2.66. The van der Waals surface area contributed by atoms with Gasteiger partial charge in [0, 0.05) is 18.0 Å². The highest BCUT2D eigenvalue weighted by Crippen LogP contribution is 2.11. The maximum Gasteiger partial charge on any atom is 0.160 e. The molecule has 0 aliphatic heterocycles. The van der Waals surface area contributed by atoms with E-state index in [0.717, 1.165) is 11.3 Å². The summed E-state index contributed by atoms with van der Waals surface area (Å²) < 4.78 is 0. The summed E-state index contributed by atoms with van der Waals surface area (Å²) >= 11 is 0. The molecule has 0 unspecified atom stereocenters. The zero-order valence-electron chi connectivity index (χ0n) is 7.18. The van der Waals surface area contributed by atoms with Gasteiger partial charge in [-0.25, -0.2) is 9.97 Å². The summed E-state index contributed by atoms with van der Waals surface area (Å²) in [6.07, 6.45) is 5.07. The molecule has 0 bridgehead atoms. The third kappa shape index (κ3) is 1.66. The molecule has 2 heterocycles. The lowest BCUT2D eigenvalue weighted by atomic mass is 10.2. The molecule has 0 aliphatic carbocycles. The molecular weight excluding hydrogens is 164 g/mol. The Bertz CT molecular complexity index is 399. The van der Waals surface area contributed by atoms with Gasteiger partial charge < -0.3 is 0 Å². The Morgan fingerprint density at radius 3 is 2.62 bits per heavy atom. The van der Waals surface area contributed by atoms with Crippen molar-refractivity contribution in [3.63, 3.8) is 0 Å². The van der Waals surface area contributed by atoms with Crippen molar-refractivity contribution in [3.05, 3.63) is 36.4 Å². The number of hydrogen-bond acceptors (Lipinski definition) is 4. The Balaban J connectivity index is 2.48. The fourth-order valence-electron chi connectivity index (χ4n) is 1.04. The predicted octanol–water partition coefficient (Wildman–Crippen LogP) is 1.24. The molecule has 2 aromatic heterocycles. The summed E-state index contributed by atoms with van der Waals surface area (Å²) in [6.45, 7) is 1.89. The first kappa shape index (κ1) is 7.79. The number of nitrogens with zero attached hydrogens (tertiary/aromatic N) is 4. The van der Waals surface area contributed by atoms with E-state index in [-0.39, 0.29) is 0 Å². The molecule has 4 nitrogen and oxygen atoms in total. The fourth-order valence-corrected chi connectivity index (χ4v) is 1.04. The number of hydrogen-bond donors (Lipinski definition) is 0. The van der Waals surface area contributed by atoms with Crippen LogP contribution in [0.4, 0.5) is 0 Å². The summed E-state index contributed by atoms with van der Waals surface area (Å²) in [5, 5.41) is 7.69. The lowest BCUT2D eigenvalue weighted by molar-refractivity contribution is 0.976. The molecule has 0 saturated heterocycles. The predicted molar refractivity (Wildman–Crippen MR) is 47.8 cm³/mol. The molecule has 0 radical (unpaired) electrons. The molecule has 0 spiro atoms. The van der Waals surface area contributed by atoms with Crippen LogP contribution in [0.3, 0.4) is 0 Å². The second kappa shape index (κ2) is 3.26. The highest BCUT2D eigenvalue weighted by Gasteiger charge is 1.99. The maximum absolute atomic E-state index is 4.11. The monoisotopic (exact) mass is 172 g/mol. The van der Waals surface area contributed by atoms with Gasteiger partial charge in [0.05, 0.1) is 11.9 Å². The third-order valence-electron chi connectivity index (χ3n) is 1.60. The lowest BCUT2D eigenvalue weighted by Crippen LogP contribution is -1.91. The molecule has 0 saturated carbocycles. The van der Waals surface area contributed by atoms with Crippen LogP contribution in [0.25, 0.3) is 11.4 Å². The Labute approximate surface area is 75.7 Å². The Morgan fingerprint density at radius 2 is 1.92 bits per heavy atom. The van der Waals surface area contributed by atoms with Crippen LogP contribution in [-0.4, -0.2) is 20.2 Å². The average Bonchev–Trinajstić information content (AvgIpc) is 2.19. The van der Waals surface area contributed by atoms with Crippen LogP contribution >= 0.6 is 0 Å². The van der Waals surface area contributed by atoms with Crippen LogP contribution in [-0.2, 0) is 0 Å². The summed E-state index contributed by atoms with van der Waals surface area (Å²) in [7, 11) is 0. The minimum Gasteiger partial charge on any atom is -0.237 e. The van der Waals surface area contributed by atoms with E-state index in [2.05, 4.69) is 20.2 Å². The average molecular weight is 172 g/mol. The molecule has 0 N–H and O–H groups in total. The van der Waals surface area contributed by atoms with Gasteiger partial charge in [0.1, 0.15) is 0 Å². The van der Waals surface area contributed by atoms with Crippen molar-refractivity contribution in [2.75, 3.05) is 0 Å². The van der Waals surface area contributed by atoms with Crippen LogP contribution in [0.5, 0.6) is 0 Å². The van der Waals surface area contributed by atoms with Crippen molar-refractivity contribution in [3.8, 4) is 11.4 Å². The van der Waals surface area contributed by atoms with Gasteiger partial charge in [0.15, 0.2) is 5.82 Å². The van der Waals surface area contributed by atoms with Gasteiger partial charge in [-0.2, -0.15) is 10.2 Å². The first-order valence-electron chi connectivity index (χ1n) is 3.93. The van der Waals surface area contributed by atoms with E-state index in [0.29, 0.717) is 5.82 Å². The molecule has 2 rings (SSSR count). The standard InChI is InChI=1S/C9H8N4/c1-7-5-8(6-12-13-7)9-10-3-2-4-11-9/h2-6H,1H3. The lowest BCUT2D eigenvalue weighted by Gasteiger charge is -1.97. The Hall–Kier alpha value is -1.84. The number of rotatable bonds is 1. The largest absolute Gasteiger partial charge is 0.237 e. The van der Waals surface area contributed by atoms with Crippen molar-refractivity contribution >= 4 is 0 Å². The maximum atomic E-state index is 4.11. The zero-order valence-corrected chi connectivity index (χ0v) is 7.18. The molecule has 0 aromatic carbocycles. The van der Waals surface area contributed by atoms with Crippen LogP contribution in [0, 0.1) is 6.92 Å². The summed E-state index contributed by atoms with van der Waals surface area (Å²) in [4.78, 5) is 8.22. The Kier molecular flexibility index (Phi) is 1.96. The van der Waals surface area contributed by atoms with Crippen molar-refractivity contribution in [1.82, 2.24) is 20.2 Å². The van der Waals surface area contributed by atoms with E-state index in [9.17, 15) is 0 Å². The van der Waals surface area contributed by atoms with Gasteiger partial charge in [-0.15, -0.1) is 0 Å². The summed E-state index contributed by atoms with van der Waals surface area (Å²) in [5.74, 6) is 0.681. The molecule has 0 aliphatic rings. The highest BCUT2D eigenvalue weighted by atomic mass is 15.1. The van der Waals surface area contributed by atoms with Crippen LogP contribution in [0.15, 0.2) is 30.7 Å². The van der Waals surface area contributed by atoms with Crippen molar-refractivity contribution in [1.29, 1.82) is 0 Å². The van der Waals surface area contributed by atoms with Gasteiger partial charge in [-0.05, 0) is 19.1 Å². The van der Waals surface area contributed by atoms with E-state index in [1.807, 2.05) is 13.0 Å². The molecular formula is C9H8N4. The van der Waals surface area contributed by atoms with E-state index < -0.39 is 0 Å². The van der Waals surface area contributed by atoms with E-state index in [4.69, 9.17) is 0 Å². The molecule has 0 fully saturated rings. The van der Waals surface area contributed by atoms with Crippen molar-refractivity contribution in [2.45, 2.75) is 6.92 Å². The second-order valence-electron chi connectivity index (χ2n) is 2.66. The molecule has 4 heteroatoms. The normalized spacial score (nSPS) is 9.92. The van der Waals surface area contributed by atoms with E-state index in [1.165, 1.54) is 0 Å². The van der Waals surface area contributed by atoms with Crippen molar-refractivity contribution in [2.24, 2.45) is 0 Å². The Morgan fingerprint density at radius 1 is 1.15 bits per heavy atom. The van der Waals surface area contributed by atoms with Crippen LogP contribution in [0.2, 0.25) is 0 Å². The topological polar surface area (TPSA) is 51.6 Å². The quantitative estimate of drug-likeness (QED) is 0.649. The smallest absolute Gasteiger partial charge is 0.160 e. The molecule has 2 aromatic rings. The van der Waals surface area contributed by atoms with Crippen LogP contribution < -0.4 is 0 Å². The number of aryl methyl sites for hydroxylation is 1. The van der Waals surface area contributed by atoms with Gasteiger partial charge >= 0.3 is 0 Å². The minimum absolute atomic E-state index is 0.681. The fraction of sp³-hybridized carbons (Fsp3) is 0.111. The third-order valence-corrected chi connectivity index (χ3v) is 1.60. The zero-order chi connectivity index (χ0) is 9.10. The van der Waals surface area contributed by atoms with E-state index >= 15 is 0 Å². The number of aromatic nitrogens is 4. The van der Waals surface area contributed by atoms with Gasteiger partial charge in [-0.3, -0.25) is 0 Å². The van der Waals surface area contributed by atoms with Gasteiger partial charge in [0.2, 0.25) is 0 Å². The SMILES string of the molecule is Cc1cc(-c2ncccn2)cnn1. The first-order chi connectivity index (χ1) is 6.36. The molecule has 0 atom stereocenters. The summed E-state index contributed by atoms with van der Waals surface area (Å²) in [5.41, 5.74) is 1.76. The first-order valence-corrected chi connectivity index (χ1v) is 3.93. The minimum atomic E-state index is 0.681. The highest BCUT2D eigenvalue weighted by molar-refractivity contribution is 5.52. The molecule has 13 heavy (non-hydrogen) atoms. The van der Waals surface area contributed by atoms with Gasteiger partial charge in [-0.1, -0.05) is 0 Å². The molecule has 64 valence electrons. The van der Waals surface area contributed by atoms with Crippen molar-refractivity contribution < 1.29 is 0 Å². The van der Waals surface area contributed by atoms with E-state index in [1.54, 1.807) is 24.7 Å². The molecule has 0 amide bonds.